The highest BCUT2D eigenvalue weighted by Crippen LogP contribution is 2.25. The molecule has 7 nitrogen and oxygen atoms in total. The highest BCUT2D eigenvalue weighted by atomic mass is 16.5. The van der Waals surface area contributed by atoms with Gasteiger partial charge in [0.05, 0.1) is 6.54 Å². The molecule has 0 aliphatic carbocycles. The Hall–Kier alpha value is -2.83. The number of rotatable bonds is 8. The SMILES string of the molecule is CCN(CC)c1nccnc1OC1CCN(C(=O)COc2cccc(C)c2)C1. The lowest BCUT2D eigenvalue weighted by Crippen LogP contribution is -2.34. The van der Waals surface area contributed by atoms with Gasteiger partial charge in [0, 0.05) is 38.4 Å². The van der Waals surface area contributed by atoms with Gasteiger partial charge in [-0.1, -0.05) is 12.1 Å². The first kappa shape index (κ1) is 19.9. The third-order valence-electron chi connectivity index (χ3n) is 4.84. The molecule has 7 heteroatoms. The van der Waals surface area contributed by atoms with Gasteiger partial charge in [-0.15, -0.1) is 0 Å². The van der Waals surface area contributed by atoms with Gasteiger partial charge in [-0.25, -0.2) is 9.97 Å². The molecule has 0 N–H and O–H groups in total. The summed E-state index contributed by atoms with van der Waals surface area (Å²) in [6.07, 6.45) is 3.99. The van der Waals surface area contributed by atoms with Gasteiger partial charge in [0.1, 0.15) is 11.9 Å². The van der Waals surface area contributed by atoms with E-state index in [2.05, 4.69) is 28.7 Å². The van der Waals surface area contributed by atoms with Crippen molar-refractivity contribution in [1.29, 1.82) is 0 Å². The maximum absolute atomic E-state index is 12.5. The minimum Gasteiger partial charge on any atom is -0.484 e. The number of aryl methyl sites for hydroxylation is 1. The highest BCUT2D eigenvalue weighted by molar-refractivity contribution is 5.78. The Balaban J connectivity index is 1.55. The molecule has 3 rings (SSSR count). The second-order valence-corrected chi connectivity index (χ2v) is 6.83. The molecule has 1 aromatic carbocycles. The first-order chi connectivity index (χ1) is 13.6. The minimum absolute atomic E-state index is 0.0317. The highest BCUT2D eigenvalue weighted by Gasteiger charge is 2.29. The van der Waals surface area contributed by atoms with Crippen LogP contribution in [-0.2, 0) is 4.79 Å². The van der Waals surface area contributed by atoms with Crippen LogP contribution in [0.3, 0.4) is 0 Å². The van der Waals surface area contributed by atoms with E-state index in [4.69, 9.17) is 9.47 Å². The zero-order chi connectivity index (χ0) is 19.9. The fraction of sp³-hybridized carbons (Fsp3) is 0.476. The summed E-state index contributed by atoms with van der Waals surface area (Å²) in [5.74, 6) is 1.96. The van der Waals surface area contributed by atoms with E-state index in [-0.39, 0.29) is 18.6 Å². The van der Waals surface area contributed by atoms with Crippen molar-refractivity contribution < 1.29 is 14.3 Å². The lowest BCUT2D eigenvalue weighted by Gasteiger charge is -2.23. The van der Waals surface area contributed by atoms with Gasteiger partial charge >= 0.3 is 0 Å². The Morgan fingerprint density at radius 1 is 1.25 bits per heavy atom. The fourth-order valence-electron chi connectivity index (χ4n) is 3.29. The molecule has 150 valence electrons. The number of hydrogen-bond donors (Lipinski definition) is 0. The molecule has 0 bridgehead atoms. The van der Waals surface area contributed by atoms with E-state index in [0.29, 0.717) is 24.7 Å². The van der Waals surface area contributed by atoms with Gasteiger partial charge < -0.3 is 19.3 Å². The van der Waals surface area contributed by atoms with Crippen LogP contribution in [0.5, 0.6) is 11.6 Å². The van der Waals surface area contributed by atoms with Crippen LogP contribution < -0.4 is 14.4 Å². The van der Waals surface area contributed by atoms with Gasteiger partial charge in [0.2, 0.25) is 0 Å². The molecule has 1 atom stereocenters. The third-order valence-corrected chi connectivity index (χ3v) is 4.84. The summed E-state index contributed by atoms with van der Waals surface area (Å²) in [7, 11) is 0. The van der Waals surface area contributed by atoms with Crippen molar-refractivity contribution in [2.75, 3.05) is 37.7 Å². The van der Waals surface area contributed by atoms with Crippen LogP contribution in [0, 0.1) is 6.92 Å². The molecule has 0 radical (unpaired) electrons. The Bertz CT molecular complexity index is 795. The van der Waals surface area contributed by atoms with Crippen molar-refractivity contribution >= 4 is 11.7 Å². The number of nitrogens with zero attached hydrogens (tertiary/aromatic N) is 4. The Kier molecular flexibility index (Phi) is 6.68. The van der Waals surface area contributed by atoms with Crippen LogP contribution in [0.4, 0.5) is 5.82 Å². The molecular weight excluding hydrogens is 356 g/mol. The number of carbonyl (C=O) groups is 1. The van der Waals surface area contributed by atoms with Crippen LogP contribution in [0.15, 0.2) is 36.7 Å². The first-order valence-electron chi connectivity index (χ1n) is 9.80. The second-order valence-electron chi connectivity index (χ2n) is 6.83. The number of ether oxygens (including phenoxy) is 2. The molecule has 1 fully saturated rings. The molecule has 0 saturated carbocycles. The molecule has 1 unspecified atom stereocenters. The van der Waals surface area contributed by atoms with Gasteiger partial charge in [0.25, 0.3) is 11.8 Å². The van der Waals surface area contributed by atoms with Crippen LogP contribution in [0.25, 0.3) is 0 Å². The summed E-state index contributed by atoms with van der Waals surface area (Å²) >= 11 is 0. The molecule has 1 aliphatic heterocycles. The quantitative estimate of drug-likeness (QED) is 0.697. The monoisotopic (exact) mass is 384 g/mol. The number of aromatic nitrogens is 2. The average Bonchev–Trinajstić information content (AvgIpc) is 3.17. The average molecular weight is 384 g/mol. The van der Waals surface area contributed by atoms with Gasteiger partial charge in [-0.3, -0.25) is 4.79 Å². The number of anilines is 1. The summed E-state index contributed by atoms with van der Waals surface area (Å²) in [6, 6.07) is 7.70. The molecule has 2 heterocycles. The summed E-state index contributed by atoms with van der Waals surface area (Å²) in [5, 5.41) is 0. The molecule has 1 saturated heterocycles. The van der Waals surface area contributed by atoms with Crippen LogP contribution in [-0.4, -0.2) is 59.7 Å². The topological polar surface area (TPSA) is 67.8 Å². The van der Waals surface area contributed by atoms with Crippen molar-refractivity contribution in [2.24, 2.45) is 0 Å². The van der Waals surface area contributed by atoms with Gasteiger partial charge in [0.15, 0.2) is 12.4 Å². The first-order valence-corrected chi connectivity index (χ1v) is 9.80. The minimum atomic E-state index is -0.0890. The van der Waals surface area contributed by atoms with E-state index in [1.165, 1.54) is 0 Å². The third kappa shape index (κ3) is 4.91. The fourth-order valence-corrected chi connectivity index (χ4v) is 3.29. The van der Waals surface area contributed by atoms with Crippen LogP contribution in [0.2, 0.25) is 0 Å². The van der Waals surface area contributed by atoms with E-state index in [0.717, 1.165) is 30.9 Å². The normalized spacial score (nSPS) is 16.1. The van der Waals surface area contributed by atoms with E-state index < -0.39 is 0 Å². The number of benzene rings is 1. The van der Waals surface area contributed by atoms with Crippen molar-refractivity contribution in [1.82, 2.24) is 14.9 Å². The summed E-state index contributed by atoms with van der Waals surface area (Å²) in [4.78, 5) is 25.2. The number of carbonyl (C=O) groups excluding carboxylic acids is 1. The number of likely N-dealkylation sites (tertiary alicyclic amines) is 1. The van der Waals surface area contributed by atoms with E-state index in [9.17, 15) is 4.79 Å². The van der Waals surface area contributed by atoms with Crippen molar-refractivity contribution in [3.8, 4) is 11.6 Å². The van der Waals surface area contributed by atoms with E-state index in [1.54, 1.807) is 17.3 Å². The van der Waals surface area contributed by atoms with Crippen molar-refractivity contribution in [3.05, 3.63) is 42.2 Å². The van der Waals surface area contributed by atoms with Crippen molar-refractivity contribution in [3.63, 3.8) is 0 Å². The molecule has 28 heavy (non-hydrogen) atoms. The maximum Gasteiger partial charge on any atom is 0.260 e. The summed E-state index contributed by atoms with van der Waals surface area (Å²) < 4.78 is 11.7. The predicted octanol–water partition coefficient (Wildman–Crippen LogP) is 2.69. The summed E-state index contributed by atoms with van der Waals surface area (Å²) in [6.45, 7) is 9.03. The van der Waals surface area contributed by atoms with E-state index in [1.807, 2.05) is 31.2 Å². The largest absolute Gasteiger partial charge is 0.484 e. The Labute approximate surface area is 166 Å². The Morgan fingerprint density at radius 2 is 2.04 bits per heavy atom. The lowest BCUT2D eigenvalue weighted by molar-refractivity contribution is -0.132. The molecule has 1 aliphatic rings. The van der Waals surface area contributed by atoms with Crippen LogP contribution in [0.1, 0.15) is 25.8 Å². The van der Waals surface area contributed by atoms with Crippen molar-refractivity contribution in [2.45, 2.75) is 33.3 Å². The Morgan fingerprint density at radius 3 is 2.79 bits per heavy atom. The zero-order valence-corrected chi connectivity index (χ0v) is 16.8. The molecule has 1 amide bonds. The molecule has 0 spiro atoms. The van der Waals surface area contributed by atoms with Crippen LogP contribution >= 0.6 is 0 Å². The molecule has 2 aromatic rings. The predicted molar refractivity (Wildman–Crippen MR) is 108 cm³/mol. The smallest absolute Gasteiger partial charge is 0.260 e. The van der Waals surface area contributed by atoms with Gasteiger partial charge in [-0.2, -0.15) is 0 Å². The zero-order valence-electron chi connectivity index (χ0n) is 16.8. The van der Waals surface area contributed by atoms with Gasteiger partial charge in [-0.05, 0) is 38.5 Å². The second kappa shape index (κ2) is 9.39. The maximum atomic E-state index is 12.5. The van der Waals surface area contributed by atoms with E-state index >= 15 is 0 Å². The molecular formula is C21H28N4O3. The molecule has 1 aromatic heterocycles. The standard InChI is InChI=1S/C21H28N4O3/c1-4-24(5-2)20-21(23-11-10-22-20)28-18-9-12-25(14-18)19(26)15-27-17-8-6-7-16(3)13-17/h6-8,10-11,13,18H,4-5,9,12,14-15H2,1-3H3. The summed E-state index contributed by atoms with van der Waals surface area (Å²) in [5.41, 5.74) is 1.10. The number of hydrogen-bond acceptors (Lipinski definition) is 6. The lowest BCUT2D eigenvalue weighted by atomic mass is 10.2. The number of amides is 1.